The Hall–Kier alpha value is -2.73. The predicted molar refractivity (Wildman–Crippen MR) is 105 cm³/mol. The summed E-state index contributed by atoms with van der Waals surface area (Å²) in [6.45, 7) is 5.83. The molecule has 3 N–H and O–H groups in total. The molecule has 0 saturated heterocycles. The Bertz CT molecular complexity index is 906. The highest BCUT2D eigenvalue weighted by molar-refractivity contribution is 7.80. The van der Waals surface area contributed by atoms with Crippen molar-refractivity contribution in [1.29, 1.82) is 0 Å². The van der Waals surface area contributed by atoms with E-state index in [9.17, 15) is 9.18 Å². The van der Waals surface area contributed by atoms with E-state index in [1.165, 1.54) is 12.1 Å². The van der Waals surface area contributed by atoms with Crippen molar-refractivity contribution in [3.63, 3.8) is 0 Å². The molecule has 1 heterocycles. The van der Waals surface area contributed by atoms with Gasteiger partial charge in [0.15, 0.2) is 5.11 Å². The summed E-state index contributed by atoms with van der Waals surface area (Å²) in [4.78, 5) is 13.0. The fourth-order valence-corrected chi connectivity index (χ4v) is 3.19. The third kappa shape index (κ3) is 3.75. The van der Waals surface area contributed by atoms with Crippen molar-refractivity contribution in [2.24, 2.45) is 0 Å². The van der Waals surface area contributed by atoms with Crippen LogP contribution >= 0.6 is 12.2 Å². The lowest BCUT2D eigenvalue weighted by atomic mass is 9.95. The van der Waals surface area contributed by atoms with Crippen molar-refractivity contribution in [2.75, 3.05) is 5.32 Å². The Kier molecular flexibility index (Phi) is 5.04. The van der Waals surface area contributed by atoms with Gasteiger partial charge in [-0.2, -0.15) is 0 Å². The van der Waals surface area contributed by atoms with Crippen LogP contribution in [0.2, 0.25) is 0 Å². The van der Waals surface area contributed by atoms with Crippen molar-refractivity contribution in [3.05, 3.63) is 76.2 Å². The molecule has 26 heavy (non-hydrogen) atoms. The summed E-state index contributed by atoms with van der Waals surface area (Å²) in [5, 5.41) is 9.46. The molecule has 0 aliphatic carbocycles. The maximum absolute atomic E-state index is 13.3. The van der Waals surface area contributed by atoms with Crippen LogP contribution in [0.25, 0.3) is 0 Å². The SMILES string of the molecule is CC1=C(C(=O)Nc2ccc(C)c(C)c2)[C@@H](c2ccc(F)cc2)NC(=S)N1. The lowest BCUT2D eigenvalue weighted by Crippen LogP contribution is -2.45. The normalized spacial score (nSPS) is 16.8. The molecular weight excluding hydrogens is 349 g/mol. The molecule has 0 fully saturated rings. The highest BCUT2D eigenvalue weighted by Crippen LogP contribution is 2.28. The molecule has 3 rings (SSSR count). The summed E-state index contributed by atoms with van der Waals surface area (Å²) >= 11 is 5.22. The van der Waals surface area contributed by atoms with E-state index in [0.717, 1.165) is 22.4 Å². The predicted octanol–water partition coefficient (Wildman–Crippen LogP) is 3.87. The second-order valence-electron chi connectivity index (χ2n) is 6.37. The summed E-state index contributed by atoms with van der Waals surface area (Å²) in [5.74, 6) is -0.560. The number of rotatable bonds is 3. The van der Waals surface area contributed by atoms with E-state index in [2.05, 4.69) is 16.0 Å². The van der Waals surface area contributed by atoms with E-state index >= 15 is 0 Å². The largest absolute Gasteiger partial charge is 0.351 e. The minimum Gasteiger partial charge on any atom is -0.351 e. The Morgan fingerprint density at radius 1 is 1.08 bits per heavy atom. The summed E-state index contributed by atoms with van der Waals surface area (Å²) < 4.78 is 13.3. The Morgan fingerprint density at radius 3 is 2.42 bits per heavy atom. The van der Waals surface area contributed by atoms with Gasteiger partial charge < -0.3 is 16.0 Å². The molecule has 6 heteroatoms. The quantitative estimate of drug-likeness (QED) is 0.719. The van der Waals surface area contributed by atoms with Gasteiger partial charge in [-0.25, -0.2) is 4.39 Å². The minimum atomic E-state index is -0.448. The van der Waals surface area contributed by atoms with Gasteiger partial charge in [0.2, 0.25) is 0 Å². The average Bonchev–Trinajstić information content (AvgIpc) is 2.58. The molecule has 0 bridgehead atoms. The fraction of sp³-hybridized carbons (Fsp3) is 0.200. The van der Waals surface area contributed by atoms with Gasteiger partial charge in [0.25, 0.3) is 5.91 Å². The molecule has 4 nitrogen and oxygen atoms in total. The number of thiocarbonyl (C=S) groups is 1. The molecule has 0 saturated carbocycles. The van der Waals surface area contributed by atoms with Crippen molar-refractivity contribution in [2.45, 2.75) is 26.8 Å². The zero-order chi connectivity index (χ0) is 18.8. The number of halogens is 1. The van der Waals surface area contributed by atoms with Gasteiger partial charge in [0.1, 0.15) is 5.82 Å². The summed E-state index contributed by atoms with van der Waals surface area (Å²) in [6, 6.07) is 11.4. The van der Waals surface area contributed by atoms with Crippen LogP contribution in [0.5, 0.6) is 0 Å². The van der Waals surface area contributed by atoms with E-state index in [0.29, 0.717) is 16.4 Å². The number of anilines is 1. The second kappa shape index (κ2) is 7.25. The van der Waals surface area contributed by atoms with Crippen molar-refractivity contribution in [1.82, 2.24) is 10.6 Å². The molecule has 2 aromatic carbocycles. The van der Waals surface area contributed by atoms with Crippen LogP contribution in [0.4, 0.5) is 10.1 Å². The van der Waals surface area contributed by atoms with Crippen LogP contribution in [0.3, 0.4) is 0 Å². The molecule has 0 aromatic heterocycles. The Labute approximate surface area is 157 Å². The maximum Gasteiger partial charge on any atom is 0.255 e. The Morgan fingerprint density at radius 2 is 1.77 bits per heavy atom. The number of benzene rings is 2. The number of hydrogen-bond donors (Lipinski definition) is 3. The van der Waals surface area contributed by atoms with Gasteiger partial charge in [0.05, 0.1) is 11.6 Å². The van der Waals surface area contributed by atoms with Gasteiger partial charge in [-0.05, 0) is 73.9 Å². The first-order valence-corrected chi connectivity index (χ1v) is 8.68. The van der Waals surface area contributed by atoms with Crippen LogP contribution in [0.1, 0.15) is 29.7 Å². The smallest absolute Gasteiger partial charge is 0.255 e. The van der Waals surface area contributed by atoms with Crippen LogP contribution in [0.15, 0.2) is 53.7 Å². The van der Waals surface area contributed by atoms with Gasteiger partial charge >= 0.3 is 0 Å². The number of allylic oxidation sites excluding steroid dienone is 1. The lowest BCUT2D eigenvalue weighted by molar-refractivity contribution is -0.113. The minimum absolute atomic E-state index is 0.234. The topological polar surface area (TPSA) is 53.2 Å². The molecule has 0 radical (unpaired) electrons. The monoisotopic (exact) mass is 369 g/mol. The first-order valence-electron chi connectivity index (χ1n) is 8.27. The van der Waals surface area contributed by atoms with Crippen molar-refractivity contribution >= 4 is 28.9 Å². The number of aryl methyl sites for hydroxylation is 2. The molecule has 2 aromatic rings. The lowest BCUT2D eigenvalue weighted by Gasteiger charge is -2.30. The van der Waals surface area contributed by atoms with E-state index in [4.69, 9.17) is 12.2 Å². The number of hydrogen-bond acceptors (Lipinski definition) is 2. The first-order chi connectivity index (χ1) is 12.3. The van der Waals surface area contributed by atoms with Crippen molar-refractivity contribution in [3.8, 4) is 0 Å². The van der Waals surface area contributed by atoms with Crippen LogP contribution in [0, 0.1) is 19.7 Å². The van der Waals surface area contributed by atoms with E-state index in [1.54, 1.807) is 19.1 Å². The fourth-order valence-electron chi connectivity index (χ4n) is 2.92. The van der Waals surface area contributed by atoms with Crippen LogP contribution in [-0.2, 0) is 4.79 Å². The summed E-state index contributed by atoms with van der Waals surface area (Å²) in [7, 11) is 0. The second-order valence-corrected chi connectivity index (χ2v) is 6.78. The molecule has 0 unspecified atom stereocenters. The van der Waals surface area contributed by atoms with E-state index in [-0.39, 0.29) is 11.7 Å². The zero-order valence-electron chi connectivity index (χ0n) is 14.8. The Balaban J connectivity index is 1.93. The number of carbonyl (C=O) groups is 1. The third-order valence-electron chi connectivity index (χ3n) is 4.48. The molecule has 1 amide bonds. The zero-order valence-corrected chi connectivity index (χ0v) is 15.6. The molecule has 134 valence electrons. The number of nitrogens with one attached hydrogen (secondary N) is 3. The third-order valence-corrected chi connectivity index (χ3v) is 4.70. The average molecular weight is 369 g/mol. The molecule has 1 aliphatic heterocycles. The summed E-state index contributed by atoms with van der Waals surface area (Å²) in [6.07, 6.45) is 0. The van der Waals surface area contributed by atoms with E-state index in [1.807, 2.05) is 32.0 Å². The van der Waals surface area contributed by atoms with Crippen LogP contribution < -0.4 is 16.0 Å². The molecule has 1 atom stereocenters. The van der Waals surface area contributed by atoms with Gasteiger partial charge in [-0.1, -0.05) is 18.2 Å². The van der Waals surface area contributed by atoms with Gasteiger partial charge in [0, 0.05) is 11.4 Å². The summed E-state index contributed by atoms with van der Waals surface area (Å²) in [5.41, 5.74) is 4.94. The highest BCUT2D eigenvalue weighted by Gasteiger charge is 2.29. The maximum atomic E-state index is 13.3. The molecular formula is C20H20FN3OS. The highest BCUT2D eigenvalue weighted by atomic mass is 32.1. The number of amides is 1. The van der Waals surface area contributed by atoms with E-state index < -0.39 is 6.04 Å². The van der Waals surface area contributed by atoms with Gasteiger partial charge in [-0.15, -0.1) is 0 Å². The molecule has 1 aliphatic rings. The number of carbonyl (C=O) groups excluding carboxylic acids is 1. The van der Waals surface area contributed by atoms with Gasteiger partial charge in [-0.3, -0.25) is 4.79 Å². The van der Waals surface area contributed by atoms with Crippen molar-refractivity contribution < 1.29 is 9.18 Å². The van der Waals surface area contributed by atoms with Crippen LogP contribution in [-0.4, -0.2) is 11.0 Å². The standard InChI is InChI=1S/C20H20FN3OS/c1-11-4-9-16(10-12(11)2)23-19(25)17-13(3)22-20(26)24-18(17)14-5-7-15(21)8-6-14/h4-10,18H,1-3H3,(H,23,25)(H2,22,24,26)/t18-/m1/s1. The first kappa shape index (κ1) is 18.1. The molecule has 0 spiro atoms.